The Morgan fingerprint density at radius 2 is 1.94 bits per heavy atom. The number of ether oxygens (including phenoxy) is 1. The Labute approximate surface area is 182 Å². The predicted octanol–water partition coefficient (Wildman–Crippen LogP) is 4.92. The van der Waals surface area contributed by atoms with Crippen molar-refractivity contribution in [3.05, 3.63) is 72.7 Å². The first-order chi connectivity index (χ1) is 14.8. The molecule has 0 bridgehead atoms. The normalized spacial score (nSPS) is 10.7. The molecule has 2 N–H and O–H groups in total. The molecule has 0 saturated carbocycles. The van der Waals surface area contributed by atoms with E-state index in [9.17, 15) is 13.2 Å². The number of aromatic nitrogens is 2. The Bertz CT molecular complexity index is 1160. The molecule has 0 saturated heterocycles. The molecule has 0 fully saturated rings. The minimum atomic E-state index is -4.46. The molecule has 0 atom stereocenters. The molecule has 0 unspecified atom stereocenters. The van der Waals surface area contributed by atoms with E-state index in [0.29, 0.717) is 13.0 Å². The molecule has 0 amide bonds. The fourth-order valence-corrected chi connectivity index (χ4v) is 2.80. The van der Waals surface area contributed by atoms with Gasteiger partial charge in [0, 0.05) is 18.4 Å². The van der Waals surface area contributed by atoms with Crippen molar-refractivity contribution in [2.45, 2.75) is 12.6 Å². The van der Waals surface area contributed by atoms with Crippen LogP contribution in [0.3, 0.4) is 0 Å². The van der Waals surface area contributed by atoms with Gasteiger partial charge >= 0.3 is 6.18 Å². The molecule has 1 aromatic heterocycles. The lowest BCUT2D eigenvalue weighted by Crippen LogP contribution is -2.25. The first-order valence-corrected chi connectivity index (χ1v) is 9.51. The molecule has 9 heteroatoms. The third-order valence-electron chi connectivity index (χ3n) is 3.95. The number of hydrogen-bond acceptors (Lipinski definition) is 5. The molecule has 0 aliphatic heterocycles. The maximum atomic E-state index is 12.8. The molecular weight excluding hydrogens is 425 g/mol. The molecule has 3 aromatic rings. The van der Waals surface area contributed by atoms with Crippen molar-refractivity contribution < 1.29 is 17.9 Å². The largest absolute Gasteiger partial charge is 0.432 e. The van der Waals surface area contributed by atoms with Gasteiger partial charge in [-0.3, -0.25) is 0 Å². The Morgan fingerprint density at radius 3 is 2.74 bits per heavy atom. The Balaban J connectivity index is 1.46. The number of thiocarbonyl (C=S) groups is 1. The number of nitrogens with zero attached hydrogens (tertiary/aromatic N) is 2. The van der Waals surface area contributed by atoms with Gasteiger partial charge in [-0.1, -0.05) is 30.7 Å². The third-order valence-corrected chi connectivity index (χ3v) is 4.13. The summed E-state index contributed by atoms with van der Waals surface area (Å²) in [6.45, 7) is 4.26. The number of fused-ring (bicyclic) bond motifs is 1. The highest BCUT2D eigenvalue weighted by Gasteiger charge is 2.30. The zero-order chi connectivity index (χ0) is 22.3. The van der Waals surface area contributed by atoms with E-state index in [4.69, 9.17) is 17.0 Å². The number of alkyl halides is 3. The van der Waals surface area contributed by atoms with Crippen LogP contribution in [0.4, 0.5) is 19.0 Å². The number of halogens is 3. The van der Waals surface area contributed by atoms with E-state index >= 15 is 0 Å². The van der Waals surface area contributed by atoms with Gasteiger partial charge in [-0.2, -0.15) is 13.2 Å². The van der Waals surface area contributed by atoms with Crippen molar-refractivity contribution in [3.8, 4) is 17.6 Å². The van der Waals surface area contributed by atoms with E-state index in [0.717, 1.165) is 28.9 Å². The molecule has 31 heavy (non-hydrogen) atoms. The molecule has 158 valence electrons. The van der Waals surface area contributed by atoms with Gasteiger partial charge in [0.15, 0.2) is 0 Å². The van der Waals surface area contributed by atoms with Crippen molar-refractivity contribution in [1.29, 1.82) is 0 Å². The number of nitrogens with one attached hydrogen (secondary N) is 2. The van der Waals surface area contributed by atoms with E-state index in [1.807, 2.05) is 24.3 Å². The molecule has 0 spiro atoms. The zero-order valence-electron chi connectivity index (χ0n) is 16.2. The first-order valence-electron chi connectivity index (χ1n) is 9.10. The van der Waals surface area contributed by atoms with Crippen LogP contribution in [0.1, 0.15) is 12.0 Å². The van der Waals surface area contributed by atoms with Crippen LogP contribution in [0, 0.1) is 11.8 Å². The maximum Gasteiger partial charge on any atom is 0.416 e. The van der Waals surface area contributed by atoms with Crippen molar-refractivity contribution >= 4 is 34.1 Å². The van der Waals surface area contributed by atoms with Gasteiger partial charge in [0.1, 0.15) is 17.9 Å². The highest BCUT2D eigenvalue weighted by atomic mass is 32.1. The number of rotatable bonds is 5. The minimum absolute atomic E-state index is 0.0330. The quantitative estimate of drug-likeness (QED) is 0.332. The lowest BCUT2D eigenvalue weighted by atomic mass is 10.2. The predicted molar refractivity (Wildman–Crippen MR) is 117 cm³/mol. The number of allylic oxidation sites excluding steroid dienone is 1. The molecule has 5 nitrogen and oxygen atoms in total. The smallest absolute Gasteiger partial charge is 0.416 e. The SMILES string of the molecule is C=C(C#CCCNc1ncnc2ccccc12)NC(=S)Oc1cccc(C(F)(F)F)c1. The van der Waals surface area contributed by atoms with Crippen molar-refractivity contribution in [1.82, 2.24) is 15.3 Å². The van der Waals surface area contributed by atoms with E-state index in [-0.39, 0.29) is 16.6 Å². The summed E-state index contributed by atoms with van der Waals surface area (Å²) in [5.41, 5.74) is 0.290. The summed E-state index contributed by atoms with van der Waals surface area (Å²) < 4.78 is 43.5. The van der Waals surface area contributed by atoms with Crippen LogP contribution < -0.4 is 15.4 Å². The fourth-order valence-electron chi connectivity index (χ4n) is 2.58. The number of benzene rings is 2. The second-order valence-corrected chi connectivity index (χ2v) is 6.61. The molecule has 0 aliphatic rings. The second-order valence-electron chi connectivity index (χ2n) is 6.24. The number of hydrogen-bond donors (Lipinski definition) is 2. The number of para-hydroxylation sites is 1. The first kappa shape index (κ1) is 22.1. The summed E-state index contributed by atoms with van der Waals surface area (Å²) in [5, 5.41) is 6.61. The van der Waals surface area contributed by atoms with Crippen LogP contribution in [-0.4, -0.2) is 21.7 Å². The van der Waals surface area contributed by atoms with Gasteiger partial charge in [-0.05, 0) is 48.5 Å². The monoisotopic (exact) mass is 442 g/mol. The molecule has 1 heterocycles. The lowest BCUT2D eigenvalue weighted by Gasteiger charge is -2.11. The highest BCUT2D eigenvalue weighted by molar-refractivity contribution is 7.80. The zero-order valence-corrected chi connectivity index (χ0v) is 17.0. The topological polar surface area (TPSA) is 59.1 Å². The van der Waals surface area contributed by atoms with Crippen molar-refractivity contribution in [2.75, 3.05) is 11.9 Å². The van der Waals surface area contributed by atoms with Crippen molar-refractivity contribution in [2.24, 2.45) is 0 Å². The Morgan fingerprint density at radius 1 is 1.13 bits per heavy atom. The summed E-state index contributed by atoms with van der Waals surface area (Å²) >= 11 is 4.99. The van der Waals surface area contributed by atoms with E-state index in [1.54, 1.807) is 0 Å². The Kier molecular flexibility index (Phi) is 7.05. The summed E-state index contributed by atoms with van der Waals surface area (Å²) in [4.78, 5) is 8.44. The minimum Gasteiger partial charge on any atom is -0.432 e. The average molecular weight is 442 g/mol. The third kappa shape index (κ3) is 6.42. The van der Waals surface area contributed by atoms with Crippen LogP contribution in [0.15, 0.2) is 67.1 Å². The van der Waals surface area contributed by atoms with Crippen LogP contribution >= 0.6 is 12.2 Å². The van der Waals surface area contributed by atoms with Gasteiger partial charge in [-0.25, -0.2) is 9.97 Å². The van der Waals surface area contributed by atoms with E-state index in [2.05, 4.69) is 39.0 Å². The van der Waals surface area contributed by atoms with Gasteiger partial charge in [-0.15, -0.1) is 0 Å². The van der Waals surface area contributed by atoms with Crippen molar-refractivity contribution in [3.63, 3.8) is 0 Å². The van der Waals surface area contributed by atoms with Crippen LogP contribution in [-0.2, 0) is 6.18 Å². The van der Waals surface area contributed by atoms with Gasteiger partial charge < -0.3 is 15.4 Å². The molecule has 2 aromatic carbocycles. The van der Waals surface area contributed by atoms with Crippen LogP contribution in [0.25, 0.3) is 10.9 Å². The summed E-state index contributed by atoms with van der Waals surface area (Å²) in [7, 11) is 0. The maximum absolute atomic E-state index is 12.8. The van der Waals surface area contributed by atoms with Gasteiger partial charge in [0.2, 0.25) is 0 Å². The molecule has 0 aliphatic carbocycles. The molecular formula is C22H17F3N4OS. The van der Waals surface area contributed by atoms with Crippen LogP contribution in [0.5, 0.6) is 5.75 Å². The molecule has 3 rings (SSSR count). The van der Waals surface area contributed by atoms with Crippen LogP contribution in [0.2, 0.25) is 0 Å². The Hall–Kier alpha value is -3.64. The summed E-state index contributed by atoms with van der Waals surface area (Å²) in [6.07, 6.45) is -2.47. The second kappa shape index (κ2) is 9.91. The lowest BCUT2D eigenvalue weighted by molar-refractivity contribution is -0.137. The highest BCUT2D eigenvalue weighted by Crippen LogP contribution is 2.31. The van der Waals surface area contributed by atoms with Gasteiger partial charge in [0.05, 0.1) is 16.8 Å². The summed E-state index contributed by atoms with van der Waals surface area (Å²) in [6, 6.07) is 12.1. The standard InChI is InChI=1S/C22H17F3N4OS/c1-15(29-21(31)30-17-9-6-8-16(13-17)22(23,24)25)7-4-5-12-26-20-18-10-2-3-11-19(18)27-14-28-20/h2-3,6,8-11,13-14H,1,5,12H2,(H,29,31)(H,26,27,28). The molecule has 0 radical (unpaired) electrons. The number of anilines is 1. The fraction of sp³-hybridized carbons (Fsp3) is 0.136. The summed E-state index contributed by atoms with van der Waals surface area (Å²) in [5.74, 6) is 6.39. The van der Waals surface area contributed by atoms with E-state index < -0.39 is 11.7 Å². The van der Waals surface area contributed by atoms with E-state index in [1.165, 1.54) is 18.5 Å². The average Bonchev–Trinajstić information content (AvgIpc) is 2.73. The van der Waals surface area contributed by atoms with Gasteiger partial charge in [0.25, 0.3) is 5.17 Å².